The Morgan fingerprint density at radius 1 is 1.46 bits per heavy atom. The minimum absolute atomic E-state index is 0.159. The second kappa shape index (κ2) is 6.56. The molecule has 1 saturated heterocycles. The third-order valence-electron chi connectivity index (χ3n) is 4.27. The van der Waals surface area contributed by atoms with Crippen LogP contribution in [0.4, 0.5) is 5.82 Å². The average molecular weight is 331 g/mol. The van der Waals surface area contributed by atoms with Gasteiger partial charge in [0.05, 0.1) is 17.5 Å². The van der Waals surface area contributed by atoms with Gasteiger partial charge in [-0.2, -0.15) is 0 Å². The van der Waals surface area contributed by atoms with Crippen LogP contribution in [0, 0.1) is 13.8 Å². The summed E-state index contributed by atoms with van der Waals surface area (Å²) in [6.07, 6.45) is 6.35. The smallest absolute Gasteiger partial charge is 0.256 e. The molecule has 24 heavy (non-hydrogen) atoms. The summed E-state index contributed by atoms with van der Waals surface area (Å²) in [4.78, 5) is 22.6. The van der Waals surface area contributed by atoms with E-state index in [1.807, 2.05) is 4.90 Å². The summed E-state index contributed by atoms with van der Waals surface area (Å²) in [6, 6.07) is 0. The first-order chi connectivity index (χ1) is 11.5. The number of anilines is 1. The molecule has 0 saturated carbocycles. The maximum absolute atomic E-state index is 12.3. The molecule has 3 heterocycles. The van der Waals surface area contributed by atoms with Gasteiger partial charge in [0, 0.05) is 32.0 Å². The molecule has 0 radical (unpaired) electrons. The van der Waals surface area contributed by atoms with Crippen molar-refractivity contribution < 1.29 is 14.4 Å². The van der Waals surface area contributed by atoms with Gasteiger partial charge in [0.2, 0.25) is 0 Å². The highest BCUT2D eigenvalue weighted by molar-refractivity contribution is 5.96. The van der Waals surface area contributed by atoms with Crippen LogP contribution >= 0.6 is 0 Å². The predicted molar refractivity (Wildman–Crippen MR) is 86.7 cm³/mol. The number of hydrogen-bond acceptors (Lipinski definition) is 7. The van der Waals surface area contributed by atoms with Crippen LogP contribution in [0.15, 0.2) is 23.1 Å². The van der Waals surface area contributed by atoms with Crippen molar-refractivity contribution in [3.8, 4) is 0 Å². The quantitative estimate of drug-likeness (QED) is 0.855. The maximum atomic E-state index is 12.3. The molecule has 0 spiro atoms. The van der Waals surface area contributed by atoms with Gasteiger partial charge < -0.3 is 19.8 Å². The van der Waals surface area contributed by atoms with Crippen molar-refractivity contribution >= 4 is 11.7 Å². The van der Waals surface area contributed by atoms with Crippen LogP contribution < -0.4 is 10.2 Å². The van der Waals surface area contributed by atoms with Crippen LogP contribution in [-0.4, -0.2) is 51.4 Å². The highest BCUT2D eigenvalue weighted by Crippen LogP contribution is 2.24. The number of β-amino-alcohol motifs (C(OH)–C–C–N with tert-alkyl or cyclic N) is 1. The molecule has 8 heteroatoms. The summed E-state index contributed by atoms with van der Waals surface area (Å²) in [5, 5.41) is 17.4. The number of aromatic nitrogens is 3. The standard InChI is InChI=1S/C16H21N5O3/c1-11-14(12(2)24-20-11)15(22)19-9-16(23)4-3-7-21(10-16)13-8-17-5-6-18-13/h5-6,8,23H,3-4,7,9-10H2,1-2H3,(H,19,22)/t16-/m0/s1. The number of aliphatic hydroxyl groups is 1. The Bertz CT molecular complexity index is 698. The third kappa shape index (κ3) is 3.38. The molecule has 0 bridgehead atoms. The van der Waals surface area contributed by atoms with Gasteiger partial charge in [-0.25, -0.2) is 4.98 Å². The van der Waals surface area contributed by atoms with Crippen molar-refractivity contribution in [2.45, 2.75) is 32.3 Å². The Morgan fingerprint density at radius 3 is 2.96 bits per heavy atom. The van der Waals surface area contributed by atoms with Gasteiger partial charge >= 0.3 is 0 Å². The molecule has 1 aliphatic rings. The van der Waals surface area contributed by atoms with E-state index >= 15 is 0 Å². The molecule has 0 aliphatic carbocycles. The van der Waals surface area contributed by atoms with Gasteiger partial charge in [-0.1, -0.05) is 5.16 Å². The fraction of sp³-hybridized carbons (Fsp3) is 0.500. The minimum Gasteiger partial charge on any atom is -0.386 e. The number of nitrogens with zero attached hydrogens (tertiary/aromatic N) is 4. The first kappa shape index (κ1) is 16.4. The highest BCUT2D eigenvalue weighted by atomic mass is 16.5. The summed E-state index contributed by atoms with van der Waals surface area (Å²) in [7, 11) is 0. The summed E-state index contributed by atoms with van der Waals surface area (Å²) in [6.45, 7) is 4.77. The topological polar surface area (TPSA) is 104 Å². The summed E-state index contributed by atoms with van der Waals surface area (Å²) >= 11 is 0. The van der Waals surface area contributed by atoms with Gasteiger partial charge in [-0.15, -0.1) is 0 Å². The second-order valence-corrected chi connectivity index (χ2v) is 6.19. The van der Waals surface area contributed by atoms with E-state index in [9.17, 15) is 9.90 Å². The number of carbonyl (C=O) groups excluding carboxylic acids is 1. The Morgan fingerprint density at radius 2 is 2.29 bits per heavy atom. The van der Waals surface area contributed by atoms with E-state index in [0.29, 0.717) is 30.0 Å². The van der Waals surface area contributed by atoms with Crippen LogP contribution in [-0.2, 0) is 0 Å². The predicted octanol–water partition coefficient (Wildman–Crippen LogP) is 0.843. The van der Waals surface area contributed by atoms with Crippen LogP contribution in [0.25, 0.3) is 0 Å². The molecule has 8 nitrogen and oxygen atoms in total. The summed E-state index contributed by atoms with van der Waals surface area (Å²) in [5.74, 6) is 0.922. The number of aryl methyl sites for hydroxylation is 2. The zero-order chi connectivity index (χ0) is 17.2. The number of piperidine rings is 1. The fourth-order valence-electron chi connectivity index (χ4n) is 3.05. The van der Waals surface area contributed by atoms with Crippen molar-refractivity contribution in [2.75, 3.05) is 24.5 Å². The van der Waals surface area contributed by atoms with Crippen molar-refractivity contribution in [3.05, 3.63) is 35.6 Å². The minimum atomic E-state index is -1.01. The van der Waals surface area contributed by atoms with E-state index in [-0.39, 0.29) is 12.5 Å². The molecule has 0 unspecified atom stereocenters. The number of rotatable bonds is 4. The lowest BCUT2D eigenvalue weighted by Crippen LogP contribution is -2.54. The molecule has 1 atom stereocenters. The molecular formula is C16H21N5O3. The van der Waals surface area contributed by atoms with Crippen molar-refractivity contribution in [1.82, 2.24) is 20.4 Å². The zero-order valence-electron chi connectivity index (χ0n) is 13.8. The number of amides is 1. The van der Waals surface area contributed by atoms with E-state index in [4.69, 9.17) is 4.52 Å². The summed E-state index contributed by atoms with van der Waals surface area (Å²) in [5.41, 5.74) is -0.0354. The van der Waals surface area contributed by atoms with Crippen molar-refractivity contribution in [3.63, 3.8) is 0 Å². The van der Waals surface area contributed by atoms with Gasteiger partial charge in [-0.05, 0) is 26.7 Å². The SMILES string of the molecule is Cc1noc(C)c1C(=O)NC[C@@]1(O)CCCN(c2cnccn2)C1. The Kier molecular flexibility index (Phi) is 4.48. The molecule has 1 fully saturated rings. The Labute approximate surface area is 139 Å². The van der Waals surface area contributed by atoms with Crippen LogP contribution in [0.5, 0.6) is 0 Å². The lowest BCUT2D eigenvalue weighted by molar-refractivity contribution is 0.0254. The number of carbonyl (C=O) groups is 1. The van der Waals surface area contributed by atoms with E-state index in [2.05, 4.69) is 20.4 Å². The fourth-order valence-corrected chi connectivity index (χ4v) is 3.05. The zero-order valence-corrected chi connectivity index (χ0v) is 13.8. The van der Waals surface area contributed by atoms with E-state index in [1.165, 1.54) is 0 Å². The van der Waals surface area contributed by atoms with Gasteiger partial charge in [0.15, 0.2) is 0 Å². The van der Waals surface area contributed by atoms with E-state index in [0.717, 1.165) is 18.8 Å². The molecule has 2 N–H and O–H groups in total. The second-order valence-electron chi connectivity index (χ2n) is 6.19. The molecule has 2 aromatic heterocycles. The Hall–Kier alpha value is -2.48. The number of nitrogens with one attached hydrogen (secondary N) is 1. The Balaban J connectivity index is 1.65. The van der Waals surface area contributed by atoms with Gasteiger partial charge in [0.25, 0.3) is 5.91 Å². The number of hydrogen-bond donors (Lipinski definition) is 2. The maximum Gasteiger partial charge on any atom is 0.256 e. The highest BCUT2D eigenvalue weighted by Gasteiger charge is 2.34. The third-order valence-corrected chi connectivity index (χ3v) is 4.27. The average Bonchev–Trinajstić information content (AvgIpc) is 2.92. The van der Waals surface area contributed by atoms with Crippen LogP contribution in [0.3, 0.4) is 0 Å². The molecular weight excluding hydrogens is 310 g/mol. The molecule has 0 aromatic carbocycles. The van der Waals surface area contributed by atoms with Crippen LogP contribution in [0.1, 0.15) is 34.7 Å². The molecule has 2 aromatic rings. The lowest BCUT2D eigenvalue weighted by Gasteiger charge is -2.39. The van der Waals surface area contributed by atoms with Crippen LogP contribution in [0.2, 0.25) is 0 Å². The lowest BCUT2D eigenvalue weighted by atomic mass is 9.92. The van der Waals surface area contributed by atoms with Gasteiger partial charge in [-0.3, -0.25) is 9.78 Å². The molecule has 128 valence electrons. The normalized spacial score (nSPS) is 20.9. The first-order valence-corrected chi connectivity index (χ1v) is 7.93. The van der Waals surface area contributed by atoms with Crippen molar-refractivity contribution in [1.29, 1.82) is 0 Å². The summed E-state index contributed by atoms with van der Waals surface area (Å²) < 4.78 is 5.01. The van der Waals surface area contributed by atoms with E-state index in [1.54, 1.807) is 32.4 Å². The molecule has 1 aliphatic heterocycles. The van der Waals surface area contributed by atoms with E-state index < -0.39 is 5.60 Å². The largest absolute Gasteiger partial charge is 0.386 e. The molecule has 3 rings (SSSR count). The monoisotopic (exact) mass is 331 g/mol. The van der Waals surface area contributed by atoms with Gasteiger partial charge in [0.1, 0.15) is 17.1 Å². The van der Waals surface area contributed by atoms with Crippen molar-refractivity contribution in [2.24, 2.45) is 0 Å². The molecule has 1 amide bonds. The first-order valence-electron chi connectivity index (χ1n) is 7.93.